The fourth-order valence-corrected chi connectivity index (χ4v) is 3.72. The van der Waals surface area contributed by atoms with Crippen molar-refractivity contribution in [1.82, 2.24) is 15.0 Å². The van der Waals surface area contributed by atoms with Gasteiger partial charge in [-0.25, -0.2) is 0 Å². The molecular weight excluding hydrogens is 326 g/mol. The van der Waals surface area contributed by atoms with Crippen LogP contribution in [0.25, 0.3) is 0 Å². The van der Waals surface area contributed by atoms with Crippen molar-refractivity contribution in [2.75, 3.05) is 33.2 Å². The van der Waals surface area contributed by atoms with Crippen molar-refractivity contribution in [2.45, 2.75) is 32.6 Å². The maximum Gasteiger partial charge on any atom is 0.230 e. The molecule has 0 radical (unpaired) electrons. The normalized spacial score (nSPS) is 18.0. The van der Waals surface area contributed by atoms with Gasteiger partial charge in [0.2, 0.25) is 5.91 Å². The predicted molar refractivity (Wildman–Crippen MR) is 102 cm³/mol. The highest BCUT2D eigenvalue weighted by molar-refractivity contribution is 5.78. The second-order valence-corrected chi connectivity index (χ2v) is 7.46. The van der Waals surface area contributed by atoms with Gasteiger partial charge in [0.25, 0.3) is 0 Å². The molecule has 1 fully saturated rings. The van der Waals surface area contributed by atoms with E-state index in [9.17, 15) is 4.79 Å². The molecule has 0 saturated carbocycles. The van der Waals surface area contributed by atoms with E-state index in [-0.39, 0.29) is 12.3 Å². The molecule has 0 N–H and O–H groups in total. The summed E-state index contributed by atoms with van der Waals surface area (Å²) in [6.45, 7) is 5.67. The lowest BCUT2D eigenvalue weighted by Gasteiger charge is -2.34. The Balaban J connectivity index is 1.64. The van der Waals surface area contributed by atoms with Crippen LogP contribution < -0.4 is 0 Å². The number of carbonyl (C=O) groups is 1. The average molecular weight is 355 g/mol. The summed E-state index contributed by atoms with van der Waals surface area (Å²) in [5.41, 5.74) is 2.08. The molecule has 1 aliphatic heterocycles. The molecule has 1 aliphatic rings. The fraction of sp³-hybridized carbons (Fsp3) is 0.524. The molecule has 26 heavy (non-hydrogen) atoms. The quantitative estimate of drug-likeness (QED) is 0.766. The molecule has 2 heterocycles. The van der Waals surface area contributed by atoms with Crippen LogP contribution in [0.1, 0.15) is 29.9 Å². The first kappa shape index (κ1) is 18.6. The minimum Gasteiger partial charge on any atom is -0.361 e. The van der Waals surface area contributed by atoms with Crippen molar-refractivity contribution in [2.24, 2.45) is 5.92 Å². The Kier molecular flexibility index (Phi) is 6.45. The minimum absolute atomic E-state index is 0.130. The van der Waals surface area contributed by atoms with Crippen LogP contribution in [0.15, 0.2) is 40.9 Å². The van der Waals surface area contributed by atoms with Crippen LogP contribution in [0.5, 0.6) is 0 Å². The molecule has 0 bridgehead atoms. The van der Waals surface area contributed by atoms with Gasteiger partial charge in [0.15, 0.2) is 0 Å². The highest BCUT2D eigenvalue weighted by Gasteiger charge is 2.23. The van der Waals surface area contributed by atoms with Gasteiger partial charge in [-0.15, -0.1) is 0 Å². The molecule has 140 valence electrons. The largest absolute Gasteiger partial charge is 0.361 e. The first-order valence-corrected chi connectivity index (χ1v) is 9.52. The molecule has 1 saturated heterocycles. The van der Waals surface area contributed by atoms with Crippen LogP contribution in [0.3, 0.4) is 0 Å². The standard InChI is InChI=1S/C21H29N3O2/c1-17-13-20(26-22-17)14-21(25)24(12-10-18-7-4-3-5-8-18)16-19-9-6-11-23(2)15-19/h3-5,7-8,13,19H,6,9-12,14-16H2,1-2H3/t19-/m1/s1. The molecule has 0 unspecified atom stereocenters. The van der Waals surface area contributed by atoms with Crippen LogP contribution in [0.4, 0.5) is 0 Å². The second kappa shape index (κ2) is 8.99. The Morgan fingerprint density at radius 2 is 2.15 bits per heavy atom. The van der Waals surface area contributed by atoms with Gasteiger partial charge in [0, 0.05) is 25.7 Å². The Labute approximate surface area is 156 Å². The zero-order chi connectivity index (χ0) is 18.4. The van der Waals surface area contributed by atoms with Gasteiger partial charge in [0.1, 0.15) is 5.76 Å². The third-order valence-electron chi connectivity index (χ3n) is 5.07. The summed E-state index contributed by atoms with van der Waals surface area (Å²) in [6, 6.07) is 12.2. The molecule has 0 aliphatic carbocycles. The summed E-state index contributed by atoms with van der Waals surface area (Å²) in [7, 11) is 2.17. The predicted octanol–water partition coefficient (Wildman–Crippen LogP) is 2.94. The van der Waals surface area contributed by atoms with Gasteiger partial charge in [-0.05, 0) is 51.3 Å². The number of hydrogen-bond acceptors (Lipinski definition) is 4. The fourth-order valence-electron chi connectivity index (χ4n) is 3.72. The number of piperidine rings is 1. The first-order valence-electron chi connectivity index (χ1n) is 9.52. The summed E-state index contributed by atoms with van der Waals surface area (Å²) < 4.78 is 5.25. The summed E-state index contributed by atoms with van der Waals surface area (Å²) in [6.07, 6.45) is 3.58. The minimum atomic E-state index is 0.130. The number of likely N-dealkylation sites (tertiary alicyclic amines) is 1. The molecule has 1 amide bonds. The summed E-state index contributed by atoms with van der Waals surface area (Å²) in [4.78, 5) is 17.3. The molecule has 1 atom stereocenters. The van der Waals surface area contributed by atoms with Crippen molar-refractivity contribution in [3.8, 4) is 0 Å². The van der Waals surface area contributed by atoms with E-state index < -0.39 is 0 Å². The number of aromatic nitrogens is 1. The van der Waals surface area contributed by atoms with Gasteiger partial charge in [-0.3, -0.25) is 4.79 Å². The molecular formula is C21H29N3O2. The number of carbonyl (C=O) groups excluding carboxylic acids is 1. The third kappa shape index (κ3) is 5.43. The first-order chi connectivity index (χ1) is 12.6. The Morgan fingerprint density at radius 1 is 1.35 bits per heavy atom. The maximum absolute atomic E-state index is 12.9. The zero-order valence-electron chi connectivity index (χ0n) is 15.9. The van der Waals surface area contributed by atoms with Gasteiger partial charge in [-0.1, -0.05) is 35.5 Å². The second-order valence-electron chi connectivity index (χ2n) is 7.46. The average Bonchev–Trinajstić information content (AvgIpc) is 3.04. The van der Waals surface area contributed by atoms with E-state index in [0.29, 0.717) is 11.7 Å². The van der Waals surface area contributed by atoms with Crippen molar-refractivity contribution < 1.29 is 9.32 Å². The van der Waals surface area contributed by atoms with Gasteiger partial charge >= 0.3 is 0 Å². The molecule has 2 aromatic rings. The zero-order valence-corrected chi connectivity index (χ0v) is 15.9. The summed E-state index contributed by atoms with van der Waals surface area (Å²) in [5, 5.41) is 3.90. The smallest absolute Gasteiger partial charge is 0.230 e. The Bertz CT molecular complexity index is 698. The van der Waals surface area contributed by atoms with Crippen molar-refractivity contribution >= 4 is 5.91 Å². The molecule has 5 nitrogen and oxygen atoms in total. The summed E-state index contributed by atoms with van der Waals surface area (Å²) >= 11 is 0. The van der Waals surface area contributed by atoms with Gasteiger partial charge in [-0.2, -0.15) is 0 Å². The molecule has 1 aromatic carbocycles. The van der Waals surface area contributed by atoms with Crippen LogP contribution in [-0.2, 0) is 17.6 Å². The van der Waals surface area contributed by atoms with E-state index in [2.05, 4.69) is 41.4 Å². The topological polar surface area (TPSA) is 49.6 Å². The SMILES string of the molecule is Cc1cc(CC(=O)N(CCc2ccccc2)C[C@@H]2CCCN(C)C2)on1. The van der Waals surface area contributed by atoms with Crippen molar-refractivity contribution in [3.05, 3.63) is 53.4 Å². The van der Waals surface area contributed by atoms with E-state index in [0.717, 1.165) is 38.3 Å². The van der Waals surface area contributed by atoms with E-state index in [1.807, 2.05) is 24.0 Å². The van der Waals surface area contributed by atoms with Crippen LogP contribution >= 0.6 is 0 Å². The maximum atomic E-state index is 12.9. The molecule has 0 spiro atoms. The monoisotopic (exact) mass is 355 g/mol. The lowest BCUT2D eigenvalue weighted by Crippen LogP contribution is -2.43. The van der Waals surface area contributed by atoms with Gasteiger partial charge < -0.3 is 14.3 Å². The van der Waals surface area contributed by atoms with Gasteiger partial charge in [0.05, 0.1) is 12.1 Å². The lowest BCUT2D eigenvalue weighted by atomic mass is 9.97. The van der Waals surface area contributed by atoms with E-state index in [1.165, 1.54) is 18.4 Å². The highest BCUT2D eigenvalue weighted by Crippen LogP contribution is 2.18. The molecule has 1 aromatic heterocycles. The lowest BCUT2D eigenvalue weighted by molar-refractivity contribution is -0.131. The van der Waals surface area contributed by atoms with E-state index >= 15 is 0 Å². The number of rotatable bonds is 7. The number of benzene rings is 1. The van der Waals surface area contributed by atoms with E-state index in [4.69, 9.17) is 4.52 Å². The van der Waals surface area contributed by atoms with Crippen LogP contribution in [0, 0.1) is 12.8 Å². The van der Waals surface area contributed by atoms with E-state index in [1.54, 1.807) is 0 Å². The van der Waals surface area contributed by atoms with Crippen LogP contribution in [0.2, 0.25) is 0 Å². The molecule has 5 heteroatoms. The Morgan fingerprint density at radius 3 is 2.85 bits per heavy atom. The number of amides is 1. The molecule has 3 rings (SSSR count). The van der Waals surface area contributed by atoms with Crippen molar-refractivity contribution in [3.63, 3.8) is 0 Å². The summed E-state index contributed by atoms with van der Waals surface area (Å²) in [5.74, 6) is 1.33. The van der Waals surface area contributed by atoms with Crippen LogP contribution in [-0.4, -0.2) is 54.1 Å². The highest BCUT2D eigenvalue weighted by atomic mass is 16.5. The number of hydrogen-bond donors (Lipinski definition) is 0. The number of nitrogens with zero attached hydrogens (tertiary/aromatic N) is 3. The van der Waals surface area contributed by atoms with Crippen molar-refractivity contribution in [1.29, 1.82) is 0 Å². The number of aryl methyl sites for hydroxylation is 1. The third-order valence-corrected chi connectivity index (χ3v) is 5.07. The Hall–Kier alpha value is -2.14.